The van der Waals surface area contributed by atoms with E-state index < -0.39 is 0 Å². The van der Waals surface area contributed by atoms with Crippen molar-refractivity contribution in [1.82, 2.24) is 5.32 Å². The lowest BCUT2D eigenvalue weighted by Gasteiger charge is -2.43. The van der Waals surface area contributed by atoms with E-state index in [0.717, 1.165) is 5.56 Å². The molecule has 2 heteroatoms. The van der Waals surface area contributed by atoms with Crippen molar-refractivity contribution < 1.29 is 0 Å². The maximum Gasteiger partial charge on any atom is 0.0991 e. The van der Waals surface area contributed by atoms with E-state index in [1.54, 1.807) is 0 Å². The maximum atomic E-state index is 8.84. The Labute approximate surface area is 90.9 Å². The van der Waals surface area contributed by atoms with Crippen LogP contribution in [0.5, 0.6) is 0 Å². The summed E-state index contributed by atoms with van der Waals surface area (Å²) in [4.78, 5) is 0. The third-order valence-corrected chi connectivity index (χ3v) is 3.59. The van der Waals surface area contributed by atoms with Crippen molar-refractivity contribution in [1.29, 1.82) is 5.26 Å². The van der Waals surface area contributed by atoms with Crippen LogP contribution in [-0.4, -0.2) is 13.1 Å². The molecular weight excluding hydrogens is 184 g/mol. The van der Waals surface area contributed by atoms with Crippen LogP contribution in [0.15, 0.2) is 24.3 Å². The van der Waals surface area contributed by atoms with E-state index in [-0.39, 0.29) is 0 Å². The van der Waals surface area contributed by atoms with Gasteiger partial charge < -0.3 is 5.32 Å². The van der Waals surface area contributed by atoms with Gasteiger partial charge in [-0.15, -0.1) is 0 Å². The largest absolute Gasteiger partial charge is 0.317 e. The molecule has 2 nitrogen and oxygen atoms in total. The number of rotatable bonds is 2. The molecule has 1 aromatic carbocycles. The summed E-state index contributed by atoms with van der Waals surface area (Å²) >= 11 is 0. The molecule has 3 atom stereocenters. The second-order valence-corrected chi connectivity index (χ2v) is 4.33. The van der Waals surface area contributed by atoms with E-state index in [1.807, 2.05) is 25.2 Å². The molecule has 0 aliphatic heterocycles. The van der Waals surface area contributed by atoms with Gasteiger partial charge in [-0.3, -0.25) is 0 Å². The highest BCUT2D eigenvalue weighted by molar-refractivity contribution is 5.36. The lowest BCUT2D eigenvalue weighted by atomic mass is 9.67. The normalized spacial score (nSPS) is 29.3. The number of hydrogen-bond donors (Lipinski definition) is 1. The topological polar surface area (TPSA) is 35.8 Å². The maximum absolute atomic E-state index is 8.84. The number of nitrogens with one attached hydrogen (secondary N) is 1. The average Bonchev–Trinajstić information content (AvgIpc) is 2.28. The Bertz CT molecular complexity index is 392. The molecular formula is C13H16N2. The minimum absolute atomic E-state index is 0.621. The molecule has 1 N–H and O–H groups in total. The number of nitriles is 1. The fourth-order valence-electron chi connectivity index (χ4n) is 2.45. The Hall–Kier alpha value is -1.33. The number of nitrogens with zero attached hydrogens (tertiary/aromatic N) is 1. The molecule has 0 spiro atoms. The van der Waals surface area contributed by atoms with Crippen LogP contribution in [0.25, 0.3) is 0 Å². The van der Waals surface area contributed by atoms with Gasteiger partial charge >= 0.3 is 0 Å². The molecule has 0 aromatic heterocycles. The van der Waals surface area contributed by atoms with E-state index in [1.165, 1.54) is 12.0 Å². The monoisotopic (exact) mass is 200 g/mol. The summed E-state index contributed by atoms with van der Waals surface area (Å²) in [5.74, 6) is 1.29. The van der Waals surface area contributed by atoms with E-state index in [2.05, 4.69) is 24.4 Å². The quantitative estimate of drug-likeness (QED) is 0.795. The summed E-state index contributed by atoms with van der Waals surface area (Å²) < 4.78 is 0. The second kappa shape index (κ2) is 4.04. The Morgan fingerprint density at radius 3 is 2.87 bits per heavy atom. The predicted octanol–water partition coefficient (Wildman–Crippen LogP) is 2.27. The molecule has 1 aliphatic rings. The summed E-state index contributed by atoms with van der Waals surface area (Å²) in [5.41, 5.74) is 2.08. The zero-order chi connectivity index (χ0) is 10.8. The van der Waals surface area contributed by atoms with Crippen LogP contribution in [0.2, 0.25) is 0 Å². The molecule has 0 saturated heterocycles. The average molecular weight is 200 g/mol. The highest BCUT2D eigenvalue weighted by atomic mass is 14.9. The summed E-state index contributed by atoms with van der Waals surface area (Å²) in [6.45, 7) is 2.27. The third-order valence-electron chi connectivity index (χ3n) is 3.59. The van der Waals surface area contributed by atoms with Crippen LogP contribution in [-0.2, 0) is 0 Å². The van der Waals surface area contributed by atoms with E-state index >= 15 is 0 Å². The zero-order valence-electron chi connectivity index (χ0n) is 9.20. The lowest BCUT2D eigenvalue weighted by molar-refractivity contribution is 0.194. The van der Waals surface area contributed by atoms with Crippen molar-refractivity contribution in [2.75, 3.05) is 7.05 Å². The fraction of sp³-hybridized carbons (Fsp3) is 0.462. The molecule has 0 heterocycles. The Morgan fingerprint density at radius 1 is 1.47 bits per heavy atom. The first kappa shape index (κ1) is 10.2. The van der Waals surface area contributed by atoms with Gasteiger partial charge in [-0.25, -0.2) is 0 Å². The Morgan fingerprint density at radius 2 is 2.27 bits per heavy atom. The van der Waals surface area contributed by atoms with Gasteiger partial charge in [0, 0.05) is 6.04 Å². The molecule has 3 unspecified atom stereocenters. The van der Waals surface area contributed by atoms with Gasteiger partial charge in [0.15, 0.2) is 0 Å². The Kier molecular flexibility index (Phi) is 2.75. The standard InChI is InChI=1S/C13H16N2/c1-9-12(7-13(9)15-2)11-5-3-4-10(6-11)8-14/h3-6,9,12-13,15H,7H2,1-2H3. The van der Waals surface area contributed by atoms with Crippen molar-refractivity contribution in [3.63, 3.8) is 0 Å². The molecule has 2 rings (SSSR count). The van der Waals surface area contributed by atoms with Gasteiger partial charge in [0.25, 0.3) is 0 Å². The van der Waals surface area contributed by atoms with Crippen LogP contribution >= 0.6 is 0 Å². The van der Waals surface area contributed by atoms with E-state index in [9.17, 15) is 0 Å². The van der Waals surface area contributed by atoms with Gasteiger partial charge in [0.2, 0.25) is 0 Å². The van der Waals surface area contributed by atoms with E-state index in [0.29, 0.717) is 17.9 Å². The number of hydrogen-bond acceptors (Lipinski definition) is 2. The van der Waals surface area contributed by atoms with Gasteiger partial charge in [-0.05, 0) is 43.0 Å². The zero-order valence-corrected chi connectivity index (χ0v) is 9.20. The smallest absolute Gasteiger partial charge is 0.0991 e. The van der Waals surface area contributed by atoms with Crippen molar-refractivity contribution in [2.24, 2.45) is 5.92 Å². The first-order chi connectivity index (χ1) is 7.26. The molecule has 78 valence electrons. The van der Waals surface area contributed by atoms with Crippen LogP contribution in [0.3, 0.4) is 0 Å². The van der Waals surface area contributed by atoms with E-state index in [4.69, 9.17) is 5.26 Å². The first-order valence-electron chi connectivity index (χ1n) is 5.43. The summed E-state index contributed by atoms with van der Waals surface area (Å²) in [6, 6.07) is 10.8. The van der Waals surface area contributed by atoms with Gasteiger partial charge in [0.1, 0.15) is 0 Å². The molecule has 0 amide bonds. The van der Waals surface area contributed by atoms with Crippen LogP contribution in [0.4, 0.5) is 0 Å². The minimum Gasteiger partial charge on any atom is -0.317 e. The second-order valence-electron chi connectivity index (χ2n) is 4.33. The van der Waals surface area contributed by atoms with Gasteiger partial charge in [-0.2, -0.15) is 5.26 Å². The SMILES string of the molecule is CNC1CC(c2cccc(C#N)c2)C1C. The summed E-state index contributed by atoms with van der Waals surface area (Å²) in [6.07, 6.45) is 1.19. The van der Waals surface area contributed by atoms with Gasteiger partial charge in [-0.1, -0.05) is 19.1 Å². The van der Waals surface area contributed by atoms with Gasteiger partial charge in [0.05, 0.1) is 11.6 Å². The predicted molar refractivity (Wildman–Crippen MR) is 60.5 cm³/mol. The highest BCUT2D eigenvalue weighted by Crippen LogP contribution is 2.42. The lowest BCUT2D eigenvalue weighted by Crippen LogP contribution is -2.46. The van der Waals surface area contributed by atoms with Crippen molar-refractivity contribution in [3.05, 3.63) is 35.4 Å². The first-order valence-corrected chi connectivity index (χ1v) is 5.43. The molecule has 1 fully saturated rings. The third kappa shape index (κ3) is 1.75. The number of benzene rings is 1. The molecule has 0 radical (unpaired) electrons. The molecule has 15 heavy (non-hydrogen) atoms. The summed E-state index contributed by atoms with van der Waals surface area (Å²) in [5, 5.41) is 12.2. The van der Waals surface area contributed by atoms with Crippen LogP contribution in [0.1, 0.15) is 30.4 Å². The van der Waals surface area contributed by atoms with Crippen LogP contribution in [0, 0.1) is 17.2 Å². The Balaban J connectivity index is 2.15. The van der Waals surface area contributed by atoms with Crippen molar-refractivity contribution in [3.8, 4) is 6.07 Å². The fourth-order valence-corrected chi connectivity index (χ4v) is 2.45. The molecule has 1 saturated carbocycles. The highest BCUT2D eigenvalue weighted by Gasteiger charge is 2.37. The summed E-state index contributed by atoms with van der Waals surface area (Å²) in [7, 11) is 2.02. The van der Waals surface area contributed by atoms with Crippen molar-refractivity contribution in [2.45, 2.75) is 25.3 Å². The molecule has 1 aliphatic carbocycles. The molecule has 0 bridgehead atoms. The van der Waals surface area contributed by atoms with Crippen LogP contribution < -0.4 is 5.32 Å². The van der Waals surface area contributed by atoms with Crippen molar-refractivity contribution >= 4 is 0 Å². The minimum atomic E-state index is 0.621. The molecule has 1 aromatic rings.